The van der Waals surface area contributed by atoms with Gasteiger partial charge in [0.2, 0.25) is 0 Å². The van der Waals surface area contributed by atoms with Crippen LogP contribution in [0.4, 0.5) is 68.2 Å². The van der Waals surface area contributed by atoms with Crippen molar-refractivity contribution in [1.82, 2.24) is 0 Å². The van der Waals surface area contributed by atoms with Crippen LogP contribution in [0.15, 0.2) is 400 Å². The number of nitrogens with zero attached hydrogens (tertiary/aromatic N) is 4. The Morgan fingerprint density at radius 1 is 0.183 bits per heavy atom. The molecule has 4 aliphatic rings. The highest BCUT2D eigenvalue weighted by atomic mass is 15.2. The molecule has 0 aromatic heterocycles. The van der Waals surface area contributed by atoms with Crippen LogP contribution < -0.4 is 52.4 Å². The Morgan fingerprint density at radius 3 is 0.650 bits per heavy atom. The number of para-hydroxylation sites is 6. The first-order chi connectivity index (χ1) is 59.6. The Hall–Kier alpha value is -13.9. The Labute approximate surface area is 707 Å². The molecule has 17 aromatic rings. The molecule has 0 spiro atoms. The number of anilines is 12. The van der Waals surface area contributed by atoms with Crippen molar-refractivity contribution in [2.24, 2.45) is 0 Å². The SMILES string of the molecule is CCCCCCc1cc2c3c(c1)N(c1c(-c4ccccc4)cccc1-c1ccccc1)c1cc4c(cc1B3c1ccccc1N2c1c(-c2ccccc2)cccc1-c1ccccc1)B1c2ccccc2N(c2c(-c3ccccc3)cccc2-c2ccccc2)c2cc(CCCCCC)cc(c21)N4c1c(-c2ccccc2)cccc1-c1ccccc1. The number of fused-ring (bicyclic) bond motifs is 8. The van der Waals surface area contributed by atoms with Gasteiger partial charge < -0.3 is 19.6 Å². The predicted molar refractivity (Wildman–Crippen MR) is 514 cm³/mol. The fourth-order valence-corrected chi connectivity index (χ4v) is 20.2. The molecule has 0 saturated heterocycles. The molecule has 120 heavy (non-hydrogen) atoms. The summed E-state index contributed by atoms with van der Waals surface area (Å²) in [6, 6.07) is 153. The summed E-state index contributed by atoms with van der Waals surface area (Å²) in [4.78, 5) is 11.0. The summed E-state index contributed by atoms with van der Waals surface area (Å²) < 4.78 is 0. The summed E-state index contributed by atoms with van der Waals surface area (Å²) >= 11 is 0. The van der Waals surface area contributed by atoms with E-state index in [0.717, 1.165) is 130 Å². The Morgan fingerprint density at radius 2 is 0.408 bits per heavy atom. The van der Waals surface area contributed by atoms with Gasteiger partial charge in [-0.25, -0.2) is 0 Å². The number of benzene rings is 17. The highest BCUT2D eigenvalue weighted by Gasteiger charge is 2.50. The van der Waals surface area contributed by atoms with E-state index in [2.05, 4.69) is 434 Å². The Balaban J connectivity index is 0.942. The van der Waals surface area contributed by atoms with Gasteiger partial charge in [-0.2, -0.15) is 0 Å². The number of hydrogen-bond acceptors (Lipinski definition) is 4. The van der Waals surface area contributed by atoms with Crippen LogP contribution in [0.2, 0.25) is 0 Å². The molecule has 0 aliphatic carbocycles. The largest absolute Gasteiger partial charge is 0.310 e. The molecule has 0 atom stereocenters. The van der Waals surface area contributed by atoms with Crippen LogP contribution in [0.5, 0.6) is 0 Å². The van der Waals surface area contributed by atoms with Crippen LogP contribution in [0.3, 0.4) is 0 Å². The smallest absolute Gasteiger partial charge is 0.252 e. The van der Waals surface area contributed by atoms with E-state index in [4.69, 9.17) is 0 Å². The van der Waals surface area contributed by atoms with Crippen molar-refractivity contribution in [2.75, 3.05) is 19.6 Å². The van der Waals surface area contributed by atoms with Crippen molar-refractivity contribution in [2.45, 2.75) is 78.1 Å². The Bertz CT molecular complexity index is 6010. The van der Waals surface area contributed by atoms with Gasteiger partial charge >= 0.3 is 0 Å². The maximum Gasteiger partial charge on any atom is 0.252 e. The van der Waals surface area contributed by atoms with Gasteiger partial charge in [-0.1, -0.05) is 410 Å². The van der Waals surface area contributed by atoms with Crippen molar-refractivity contribution < 1.29 is 0 Å². The summed E-state index contributed by atoms with van der Waals surface area (Å²) in [6.45, 7) is 4.14. The molecule has 0 unspecified atom stereocenters. The molecule has 4 heterocycles. The summed E-state index contributed by atoms with van der Waals surface area (Å²) in [7, 11) is 0. The minimum Gasteiger partial charge on any atom is -0.310 e. The molecule has 17 aromatic carbocycles. The molecule has 4 aliphatic heterocycles. The number of rotatable bonds is 22. The minimum absolute atomic E-state index is 0.265. The lowest BCUT2D eigenvalue weighted by Crippen LogP contribution is -2.65. The molecule has 21 rings (SSSR count). The highest BCUT2D eigenvalue weighted by molar-refractivity contribution is 7.03. The van der Waals surface area contributed by atoms with E-state index < -0.39 is 0 Å². The third-order valence-electron chi connectivity index (χ3n) is 25.5. The van der Waals surface area contributed by atoms with Crippen LogP contribution in [0.25, 0.3) is 89.0 Å². The molecule has 6 heteroatoms. The zero-order valence-corrected chi connectivity index (χ0v) is 68.1. The van der Waals surface area contributed by atoms with Crippen LogP contribution in [0, 0.1) is 0 Å². The number of hydrogen-bond donors (Lipinski definition) is 0. The molecule has 574 valence electrons. The van der Waals surface area contributed by atoms with Crippen LogP contribution in [-0.2, 0) is 12.8 Å². The summed E-state index contributed by atoms with van der Waals surface area (Å²) in [5.41, 5.74) is 42.8. The Kier molecular flexibility index (Phi) is 19.8. The molecule has 0 amide bonds. The van der Waals surface area contributed by atoms with Gasteiger partial charge in [0.05, 0.1) is 22.7 Å². The van der Waals surface area contributed by atoms with Crippen LogP contribution in [0.1, 0.15) is 76.3 Å². The lowest BCUT2D eigenvalue weighted by molar-refractivity contribution is 0.667. The normalized spacial score (nSPS) is 12.7. The van der Waals surface area contributed by atoms with Gasteiger partial charge in [0, 0.05) is 90.0 Å². The van der Waals surface area contributed by atoms with E-state index in [1.807, 2.05) is 0 Å². The third-order valence-corrected chi connectivity index (χ3v) is 25.5. The second kappa shape index (κ2) is 32.2. The van der Waals surface area contributed by atoms with Gasteiger partial charge in [-0.05, 0) is 157 Å². The van der Waals surface area contributed by atoms with E-state index in [-0.39, 0.29) is 13.4 Å². The van der Waals surface area contributed by atoms with Crippen LogP contribution in [-0.4, -0.2) is 13.4 Å². The average molecular weight is 1540 g/mol. The van der Waals surface area contributed by atoms with E-state index in [1.165, 1.54) is 135 Å². The maximum absolute atomic E-state index is 2.80. The van der Waals surface area contributed by atoms with Gasteiger partial charge in [0.15, 0.2) is 0 Å². The van der Waals surface area contributed by atoms with Crippen molar-refractivity contribution in [1.29, 1.82) is 0 Å². The molecule has 0 N–H and O–H groups in total. The zero-order chi connectivity index (χ0) is 80.0. The van der Waals surface area contributed by atoms with E-state index in [1.54, 1.807) is 0 Å². The monoisotopic (exact) mass is 1540 g/mol. The summed E-state index contributed by atoms with van der Waals surface area (Å²) in [5.74, 6) is 0. The second-order valence-corrected chi connectivity index (χ2v) is 32.7. The fourth-order valence-electron chi connectivity index (χ4n) is 20.2. The first-order valence-corrected chi connectivity index (χ1v) is 43.4. The van der Waals surface area contributed by atoms with Crippen molar-refractivity contribution in [3.8, 4) is 89.0 Å². The molecular weight excluding hydrogens is 1450 g/mol. The molecular formula is C114H92B2N4. The summed E-state index contributed by atoms with van der Waals surface area (Å²) in [6.07, 6.45) is 10.9. The van der Waals surface area contributed by atoms with E-state index in [0.29, 0.717) is 0 Å². The van der Waals surface area contributed by atoms with Crippen molar-refractivity contribution in [3.63, 3.8) is 0 Å². The zero-order valence-electron chi connectivity index (χ0n) is 68.1. The highest BCUT2D eigenvalue weighted by Crippen LogP contribution is 2.58. The molecule has 0 radical (unpaired) electrons. The summed E-state index contributed by atoms with van der Waals surface area (Å²) in [5, 5.41) is 0. The third kappa shape index (κ3) is 13.0. The molecule has 0 saturated carbocycles. The van der Waals surface area contributed by atoms with Gasteiger partial charge in [0.1, 0.15) is 0 Å². The van der Waals surface area contributed by atoms with Crippen molar-refractivity contribution in [3.05, 3.63) is 412 Å². The number of unbranched alkanes of at least 4 members (excludes halogenated alkanes) is 6. The van der Waals surface area contributed by atoms with Crippen LogP contribution >= 0.6 is 0 Å². The first-order valence-electron chi connectivity index (χ1n) is 43.4. The average Bonchev–Trinajstić information content (AvgIpc) is 0.676. The maximum atomic E-state index is 2.80. The predicted octanol–water partition coefficient (Wildman–Crippen LogP) is 27.4. The standard InChI is InChI=1S/C114H92B2N4/c1-3-5-7-17-43-79-73-105-109-107(75-79)119(113-93(85-53-27-13-28-54-85)65-41-66-94(113)86-55-29-14-30-56-86)103-78-104-100(77-99(103)115(109)97-69-35-37-71-101(97)117(105)111-89(81-45-19-9-20-46-81)61-39-62-90(111)82-47-21-10-22-48-82)116-98-70-36-38-72-102(98)118(112-91(83-49-23-11-24-50-83)63-40-64-92(112)84-51-25-12-26-52-84)106-74-80(44-18-8-6-4-2)76-108(110(106)116)120(104)114-95(87-57-31-15-32-58-87)67-42-68-96(114)88-59-33-16-34-60-88/h9-16,19-42,45-78H,3-8,17-18,43-44H2,1-2H3. The van der Waals surface area contributed by atoms with E-state index in [9.17, 15) is 0 Å². The number of aryl methyl sites for hydroxylation is 2. The molecule has 0 bridgehead atoms. The fraction of sp³-hybridized carbons (Fsp3) is 0.105. The topological polar surface area (TPSA) is 13.0 Å². The van der Waals surface area contributed by atoms with Gasteiger partial charge in [-0.15, -0.1) is 0 Å². The van der Waals surface area contributed by atoms with Crippen molar-refractivity contribution >= 4 is 114 Å². The second-order valence-electron chi connectivity index (χ2n) is 32.7. The molecule has 4 nitrogen and oxygen atoms in total. The van der Waals surface area contributed by atoms with Gasteiger partial charge in [0.25, 0.3) is 13.4 Å². The first kappa shape index (κ1) is 73.7. The quantitative estimate of drug-likeness (QED) is 0.0495. The minimum atomic E-state index is -0.265. The lowest BCUT2D eigenvalue weighted by Gasteiger charge is -2.48. The molecule has 0 fully saturated rings. The van der Waals surface area contributed by atoms with Gasteiger partial charge in [-0.3, -0.25) is 0 Å². The van der Waals surface area contributed by atoms with E-state index >= 15 is 0 Å². The lowest BCUT2D eigenvalue weighted by atomic mass is 9.30.